The summed E-state index contributed by atoms with van der Waals surface area (Å²) in [7, 11) is 1.55. The molecular formula is C10H14FNO2. The van der Waals surface area contributed by atoms with Gasteiger partial charge in [-0.25, -0.2) is 4.39 Å². The van der Waals surface area contributed by atoms with Gasteiger partial charge in [0.1, 0.15) is 5.82 Å². The second kappa shape index (κ2) is 5.05. The number of rotatable bonds is 4. The van der Waals surface area contributed by atoms with Crippen molar-refractivity contribution in [3.05, 3.63) is 35.1 Å². The number of hydrogen-bond acceptors (Lipinski definition) is 3. The Hall–Kier alpha value is -0.970. The average molecular weight is 199 g/mol. The fourth-order valence-corrected chi connectivity index (χ4v) is 1.30. The molecule has 1 aromatic carbocycles. The predicted octanol–water partition coefficient (Wildman–Crippen LogP) is 0.964. The molecule has 78 valence electrons. The number of benzene rings is 1. The molecule has 3 nitrogen and oxygen atoms in total. The van der Waals surface area contributed by atoms with E-state index in [0.717, 1.165) is 5.56 Å². The molecule has 4 heteroatoms. The lowest BCUT2D eigenvalue weighted by atomic mass is 10.0. The Labute approximate surface area is 82.3 Å². The number of hydrogen-bond donors (Lipinski definition) is 2. The van der Waals surface area contributed by atoms with Gasteiger partial charge in [0, 0.05) is 7.11 Å². The molecule has 1 rings (SSSR count). The van der Waals surface area contributed by atoms with E-state index in [1.807, 2.05) is 0 Å². The molecule has 0 heterocycles. The van der Waals surface area contributed by atoms with E-state index in [4.69, 9.17) is 15.6 Å². The normalized spacial score (nSPS) is 12.9. The molecule has 0 saturated heterocycles. The summed E-state index contributed by atoms with van der Waals surface area (Å²) in [4.78, 5) is 0. The summed E-state index contributed by atoms with van der Waals surface area (Å²) < 4.78 is 17.8. The van der Waals surface area contributed by atoms with Gasteiger partial charge >= 0.3 is 0 Å². The maximum Gasteiger partial charge on any atom is 0.123 e. The number of aliphatic hydroxyl groups excluding tert-OH is 1. The summed E-state index contributed by atoms with van der Waals surface area (Å²) in [6, 6.07) is 3.73. The van der Waals surface area contributed by atoms with E-state index in [1.165, 1.54) is 12.1 Å². The number of nitrogens with two attached hydrogens (primary N) is 1. The van der Waals surface area contributed by atoms with E-state index >= 15 is 0 Å². The highest BCUT2D eigenvalue weighted by Gasteiger charge is 2.10. The van der Waals surface area contributed by atoms with E-state index in [1.54, 1.807) is 13.2 Å². The minimum atomic E-state index is -0.559. The first-order valence-electron chi connectivity index (χ1n) is 4.32. The topological polar surface area (TPSA) is 55.5 Å². The quantitative estimate of drug-likeness (QED) is 0.759. The molecule has 1 atom stereocenters. The first kappa shape index (κ1) is 11.1. The molecule has 3 N–H and O–H groups in total. The highest BCUT2D eigenvalue weighted by atomic mass is 19.1. The van der Waals surface area contributed by atoms with E-state index in [9.17, 15) is 4.39 Å². The lowest BCUT2D eigenvalue weighted by Crippen LogP contribution is -2.17. The van der Waals surface area contributed by atoms with Crippen LogP contribution in [-0.2, 0) is 11.3 Å². The van der Waals surface area contributed by atoms with E-state index in [2.05, 4.69) is 0 Å². The molecule has 1 unspecified atom stereocenters. The molecule has 0 bridgehead atoms. The zero-order valence-electron chi connectivity index (χ0n) is 8.03. The molecule has 0 aliphatic carbocycles. The third kappa shape index (κ3) is 2.51. The third-order valence-electron chi connectivity index (χ3n) is 2.00. The monoisotopic (exact) mass is 199 g/mol. The molecule has 0 amide bonds. The molecule has 14 heavy (non-hydrogen) atoms. The van der Waals surface area contributed by atoms with Gasteiger partial charge in [-0.2, -0.15) is 0 Å². The molecule has 0 aliphatic heterocycles. The average Bonchev–Trinajstić information content (AvgIpc) is 2.20. The Morgan fingerprint density at radius 3 is 2.86 bits per heavy atom. The predicted molar refractivity (Wildman–Crippen MR) is 51.1 cm³/mol. The Morgan fingerprint density at radius 1 is 1.57 bits per heavy atom. The zero-order valence-corrected chi connectivity index (χ0v) is 8.03. The minimum absolute atomic E-state index is 0.208. The van der Waals surface area contributed by atoms with Crippen LogP contribution in [0, 0.1) is 5.82 Å². The van der Waals surface area contributed by atoms with Crippen molar-refractivity contribution < 1.29 is 14.2 Å². The molecule has 1 aromatic rings. The van der Waals surface area contributed by atoms with Crippen LogP contribution in [0.3, 0.4) is 0 Å². The van der Waals surface area contributed by atoms with Gasteiger partial charge in [-0.3, -0.25) is 0 Å². The molecule has 0 aliphatic rings. The zero-order chi connectivity index (χ0) is 10.6. The number of ether oxygens (including phenoxy) is 1. The van der Waals surface area contributed by atoms with Crippen molar-refractivity contribution in [2.24, 2.45) is 5.73 Å². The van der Waals surface area contributed by atoms with Crippen LogP contribution >= 0.6 is 0 Å². The van der Waals surface area contributed by atoms with E-state index < -0.39 is 6.04 Å². The first-order valence-corrected chi connectivity index (χ1v) is 4.32. The maximum atomic E-state index is 12.9. The van der Waals surface area contributed by atoms with Gasteiger partial charge in [-0.05, 0) is 23.3 Å². The van der Waals surface area contributed by atoms with Crippen LogP contribution in [0.5, 0.6) is 0 Å². The van der Waals surface area contributed by atoms with Crippen LogP contribution in [0.4, 0.5) is 4.39 Å². The van der Waals surface area contributed by atoms with Crippen LogP contribution < -0.4 is 5.73 Å². The Balaban J connectivity index is 3.02. The lowest BCUT2D eigenvalue weighted by molar-refractivity contribution is 0.182. The van der Waals surface area contributed by atoms with Gasteiger partial charge in [0.2, 0.25) is 0 Å². The second-order valence-corrected chi connectivity index (χ2v) is 3.07. The van der Waals surface area contributed by atoms with Crippen LogP contribution in [0.25, 0.3) is 0 Å². The highest BCUT2D eigenvalue weighted by Crippen LogP contribution is 2.18. The van der Waals surface area contributed by atoms with Crippen molar-refractivity contribution in [1.29, 1.82) is 0 Å². The largest absolute Gasteiger partial charge is 0.394 e. The van der Waals surface area contributed by atoms with E-state index in [-0.39, 0.29) is 12.4 Å². The molecular weight excluding hydrogens is 185 g/mol. The standard InChI is InChI=1S/C10H14FNO2/c1-14-6-7-2-3-8(11)4-9(7)10(12)5-13/h2-4,10,13H,5-6,12H2,1H3. The van der Waals surface area contributed by atoms with E-state index in [0.29, 0.717) is 12.2 Å². The van der Waals surface area contributed by atoms with Gasteiger partial charge in [-0.15, -0.1) is 0 Å². The first-order chi connectivity index (χ1) is 6.69. The summed E-state index contributed by atoms with van der Waals surface area (Å²) in [5.41, 5.74) is 7.02. The van der Waals surface area contributed by atoms with Crippen LogP contribution in [0.1, 0.15) is 17.2 Å². The van der Waals surface area contributed by atoms with Crippen LogP contribution in [-0.4, -0.2) is 18.8 Å². The number of methoxy groups -OCH3 is 1. The molecule has 0 saturated carbocycles. The van der Waals surface area contributed by atoms with Crippen LogP contribution in [0.15, 0.2) is 18.2 Å². The summed E-state index contributed by atoms with van der Waals surface area (Å²) in [6.45, 7) is 0.156. The van der Waals surface area contributed by atoms with Crippen LogP contribution in [0.2, 0.25) is 0 Å². The van der Waals surface area contributed by atoms with Gasteiger partial charge in [0.05, 0.1) is 19.3 Å². The third-order valence-corrected chi connectivity index (χ3v) is 2.00. The SMILES string of the molecule is COCc1ccc(F)cc1C(N)CO. The Bertz CT molecular complexity index is 304. The van der Waals surface area contributed by atoms with Crippen molar-refractivity contribution in [3.63, 3.8) is 0 Å². The smallest absolute Gasteiger partial charge is 0.123 e. The Kier molecular flexibility index (Phi) is 4.00. The minimum Gasteiger partial charge on any atom is -0.394 e. The fourth-order valence-electron chi connectivity index (χ4n) is 1.30. The highest BCUT2D eigenvalue weighted by molar-refractivity contribution is 5.30. The van der Waals surface area contributed by atoms with Gasteiger partial charge in [0.25, 0.3) is 0 Å². The lowest BCUT2D eigenvalue weighted by Gasteiger charge is -2.13. The molecule has 0 fully saturated rings. The van der Waals surface area contributed by atoms with Gasteiger partial charge in [-0.1, -0.05) is 6.07 Å². The summed E-state index contributed by atoms with van der Waals surface area (Å²) in [6.07, 6.45) is 0. The second-order valence-electron chi connectivity index (χ2n) is 3.07. The molecule has 0 aromatic heterocycles. The van der Waals surface area contributed by atoms with Crippen molar-refractivity contribution in [2.75, 3.05) is 13.7 Å². The number of halogens is 1. The maximum absolute atomic E-state index is 12.9. The van der Waals surface area contributed by atoms with Gasteiger partial charge < -0.3 is 15.6 Å². The Morgan fingerprint density at radius 2 is 2.29 bits per heavy atom. The fraction of sp³-hybridized carbons (Fsp3) is 0.400. The van der Waals surface area contributed by atoms with Crippen molar-refractivity contribution in [3.8, 4) is 0 Å². The van der Waals surface area contributed by atoms with Crippen molar-refractivity contribution >= 4 is 0 Å². The summed E-state index contributed by atoms with van der Waals surface area (Å²) in [5, 5.41) is 8.88. The van der Waals surface area contributed by atoms with Gasteiger partial charge in [0.15, 0.2) is 0 Å². The molecule has 0 spiro atoms. The van der Waals surface area contributed by atoms with Crippen molar-refractivity contribution in [1.82, 2.24) is 0 Å². The summed E-state index contributed by atoms with van der Waals surface area (Å²) >= 11 is 0. The van der Waals surface area contributed by atoms with Crippen molar-refractivity contribution in [2.45, 2.75) is 12.6 Å². The summed E-state index contributed by atoms with van der Waals surface area (Å²) in [5.74, 6) is -0.358. The molecule has 0 radical (unpaired) electrons. The number of aliphatic hydroxyl groups is 1.